The summed E-state index contributed by atoms with van der Waals surface area (Å²) in [6.07, 6.45) is 0.625. The van der Waals surface area contributed by atoms with Crippen molar-refractivity contribution in [2.45, 2.75) is 37.6 Å². The molecule has 0 radical (unpaired) electrons. The lowest BCUT2D eigenvalue weighted by Gasteiger charge is -2.15. The van der Waals surface area contributed by atoms with Crippen LogP contribution in [0.2, 0.25) is 5.02 Å². The number of H-pyrrole nitrogens is 1. The second-order valence-corrected chi connectivity index (χ2v) is 9.97. The number of thioether (sulfide) groups is 1. The van der Waals surface area contributed by atoms with Crippen molar-refractivity contribution in [2.24, 2.45) is 0 Å². The van der Waals surface area contributed by atoms with Crippen LogP contribution < -0.4 is 10.1 Å². The molecule has 0 aliphatic rings. The van der Waals surface area contributed by atoms with Gasteiger partial charge in [-0.3, -0.25) is 4.79 Å². The maximum atomic E-state index is 13.2. The fourth-order valence-corrected chi connectivity index (χ4v) is 4.78. The van der Waals surface area contributed by atoms with Gasteiger partial charge in [0.25, 0.3) is 0 Å². The second-order valence-electron chi connectivity index (χ2n) is 8.35. The van der Waals surface area contributed by atoms with Crippen molar-refractivity contribution in [1.82, 2.24) is 9.97 Å². The minimum Gasteiger partial charge on any atom is -0.495 e. The van der Waals surface area contributed by atoms with Crippen LogP contribution in [-0.4, -0.2) is 28.2 Å². The van der Waals surface area contributed by atoms with Gasteiger partial charge in [-0.05, 0) is 38.5 Å². The number of aromatic amines is 1. The number of carbonyl (C=O) groups is 1. The highest BCUT2D eigenvalue weighted by molar-refractivity contribution is 8.00. The third kappa shape index (κ3) is 5.89. The number of hydrogen-bond acceptors (Lipinski definition) is 4. The molecular weight excluding hydrogens is 478 g/mol. The summed E-state index contributed by atoms with van der Waals surface area (Å²) in [5.74, 6) is 0.423. The van der Waals surface area contributed by atoms with E-state index in [9.17, 15) is 4.79 Å². The number of nitrogens with zero attached hydrogens (tertiary/aromatic N) is 1. The number of ether oxygens (including phenoxy) is 1. The minimum absolute atomic E-state index is 0.136. The van der Waals surface area contributed by atoms with Gasteiger partial charge in [0.2, 0.25) is 5.91 Å². The van der Waals surface area contributed by atoms with Crippen molar-refractivity contribution < 1.29 is 9.53 Å². The van der Waals surface area contributed by atoms with E-state index in [1.807, 2.05) is 6.92 Å². The zero-order valence-corrected chi connectivity index (χ0v) is 21.8. The Morgan fingerprint density at radius 3 is 2.26 bits per heavy atom. The van der Waals surface area contributed by atoms with Crippen LogP contribution >= 0.6 is 23.4 Å². The summed E-state index contributed by atoms with van der Waals surface area (Å²) in [6.45, 7) is 6.12. The van der Waals surface area contributed by atoms with E-state index in [-0.39, 0.29) is 11.2 Å². The first kappa shape index (κ1) is 24.9. The predicted octanol–water partition coefficient (Wildman–Crippen LogP) is 7.53. The van der Waals surface area contributed by atoms with Crippen molar-refractivity contribution in [1.29, 1.82) is 0 Å². The number of aromatic nitrogens is 2. The average Bonchev–Trinajstić information content (AvgIpc) is 3.27. The third-order valence-electron chi connectivity index (χ3n) is 5.68. The Balaban J connectivity index is 1.64. The van der Waals surface area contributed by atoms with Gasteiger partial charge in [-0.2, -0.15) is 0 Å². The van der Waals surface area contributed by atoms with E-state index in [1.54, 1.807) is 25.3 Å². The van der Waals surface area contributed by atoms with Gasteiger partial charge >= 0.3 is 0 Å². The molecule has 0 bridgehead atoms. The van der Waals surface area contributed by atoms with Crippen LogP contribution in [0.3, 0.4) is 0 Å². The van der Waals surface area contributed by atoms with E-state index < -0.39 is 0 Å². The Morgan fingerprint density at radius 2 is 1.66 bits per heavy atom. The zero-order valence-electron chi connectivity index (χ0n) is 20.2. The van der Waals surface area contributed by atoms with Gasteiger partial charge in [-0.15, -0.1) is 0 Å². The molecule has 3 aromatic carbocycles. The molecule has 0 saturated heterocycles. The first-order chi connectivity index (χ1) is 16.9. The SMILES string of the molecule is CCC(Sc1nc(-c2ccc(C)cc2)c(-c2ccc(C)cc2)[nH]1)C(=O)Nc1cc(Cl)ccc1OC. The average molecular weight is 506 g/mol. The number of carbonyl (C=O) groups excluding carboxylic acids is 1. The maximum Gasteiger partial charge on any atom is 0.238 e. The number of halogens is 1. The summed E-state index contributed by atoms with van der Waals surface area (Å²) >= 11 is 7.54. The van der Waals surface area contributed by atoms with E-state index in [1.165, 1.54) is 22.9 Å². The first-order valence-electron chi connectivity index (χ1n) is 11.4. The number of hydrogen-bond donors (Lipinski definition) is 2. The highest BCUT2D eigenvalue weighted by Crippen LogP contribution is 2.35. The van der Waals surface area contributed by atoms with Gasteiger partial charge in [-0.25, -0.2) is 4.98 Å². The van der Waals surface area contributed by atoms with Gasteiger partial charge in [0, 0.05) is 16.1 Å². The van der Waals surface area contributed by atoms with Crippen LogP contribution in [0.5, 0.6) is 5.75 Å². The molecular formula is C28H28ClN3O2S. The number of anilines is 1. The number of aryl methyl sites for hydroxylation is 2. The number of rotatable bonds is 8. The van der Waals surface area contributed by atoms with Crippen LogP contribution in [0.4, 0.5) is 5.69 Å². The highest BCUT2D eigenvalue weighted by atomic mass is 35.5. The number of nitrogens with one attached hydrogen (secondary N) is 2. The Kier molecular flexibility index (Phi) is 7.83. The van der Waals surface area contributed by atoms with Gasteiger partial charge in [0.1, 0.15) is 5.75 Å². The summed E-state index contributed by atoms with van der Waals surface area (Å²) in [4.78, 5) is 21.5. The summed E-state index contributed by atoms with van der Waals surface area (Å²) in [6, 6.07) is 21.8. The quantitative estimate of drug-likeness (QED) is 0.243. The lowest BCUT2D eigenvalue weighted by Crippen LogP contribution is -2.25. The van der Waals surface area contributed by atoms with Crippen molar-refractivity contribution >= 4 is 35.0 Å². The van der Waals surface area contributed by atoms with Crippen molar-refractivity contribution in [3.05, 3.63) is 82.9 Å². The molecule has 0 aliphatic carbocycles. The number of imidazole rings is 1. The van der Waals surface area contributed by atoms with Gasteiger partial charge in [-0.1, -0.05) is 89.9 Å². The fraction of sp³-hybridized carbons (Fsp3) is 0.214. The molecule has 4 rings (SSSR count). The standard InChI is InChI=1S/C28H28ClN3O2S/c1-5-24(27(33)30-22-16-21(29)14-15-23(22)34-4)35-28-31-25(19-10-6-17(2)7-11-19)26(32-28)20-12-8-18(3)9-13-20/h6-16,24H,5H2,1-4H3,(H,30,33)(H,31,32). The van der Waals surface area contributed by atoms with Crippen LogP contribution in [0.15, 0.2) is 71.9 Å². The molecule has 7 heteroatoms. The molecule has 1 unspecified atom stereocenters. The lowest BCUT2D eigenvalue weighted by atomic mass is 10.0. The maximum absolute atomic E-state index is 13.2. The normalized spacial score (nSPS) is 11.8. The molecule has 35 heavy (non-hydrogen) atoms. The highest BCUT2D eigenvalue weighted by Gasteiger charge is 2.23. The molecule has 0 fully saturated rings. The molecule has 0 spiro atoms. The predicted molar refractivity (Wildman–Crippen MR) is 146 cm³/mol. The Bertz CT molecular complexity index is 1250. The summed E-state index contributed by atoms with van der Waals surface area (Å²) in [5.41, 5.74) is 6.80. The molecule has 1 amide bonds. The molecule has 180 valence electrons. The van der Waals surface area contributed by atoms with E-state index in [4.69, 9.17) is 21.3 Å². The third-order valence-corrected chi connectivity index (χ3v) is 7.17. The molecule has 2 N–H and O–H groups in total. The minimum atomic E-state index is -0.360. The molecule has 0 saturated carbocycles. The largest absolute Gasteiger partial charge is 0.495 e. The molecule has 1 heterocycles. The number of methoxy groups -OCH3 is 1. The summed E-state index contributed by atoms with van der Waals surface area (Å²) in [5, 5.41) is 3.82. The van der Waals surface area contributed by atoms with Crippen LogP contribution in [0, 0.1) is 13.8 Å². The van der Waals surface area contributed by atoms with E-state index in [0.29, 0.717) is 28.0 Å². The Hall–Kier alpha value is -3.22. The number of benzene rings is 3. The molecule has 1 atom stereocenters. The van der Waals surface area contributed by atoms with E-state index >= 15 is 0 Å². The lowest BCUT2D eigenvalue weighted by molar-refractivity contribution is -0.115. The first-order valence-corrected chi connectivity index (χ1v) is 12.7. The van der Waals surface area contributed by atoms with Crippen molar-refractivity contribution in [3.8, 4) is 28.3 Å². The van der Waals surface area contributed by atoms with Crippen LogP contribution in [0.25, 0.3) is 22.5 Å². The molecule has 5 nitrogen and oxygen atoms in total. The second kappa shape index (κ2) is 11.0. The van der Waals surface area contributed by atoms with Gasteiger partial charge in [0.05, 0.1) is 29.4 Å². The monoisotopic (exact) mass is 505 g/mol. The Labute approximate surface area is 215 Å². The molecule has 1 aromatic heterocycles. The van der Waals surface area contributed by atoms with E-state index in [0.717, 1.165) is 22.5 Å². The van der Waals surface area contributed by atoms with Crippen LogP contribution in [-0.2, 0) is 4.79 Å². The van der Waals surface area contributed by atoms with E-state index in [2.05, 4.69) is 72.7 Å². The molecule has 0 aliphatic heterocycles. The summed E-state index contributed by atoms with van der Waals surface area (Å²) in [7, 11) is 1.56. The fourth-order valence-electron chi connectivity index (χ4n) is 3.70. The molecule has 4 aromatic rings. The Morgan fingerprint density at radius 1 is 1.03 bits per heavy atom. The summed E-state index contributed by atoms with van der Waals surface area (Å²) < 4.78 is 5.37. The smallest absolute Gasteiger partial charge is 0.238 e. The van der Waals surface area contributed by atoms with Gasteiger partial charge in [0.15, 0.2) is 5.16 Å². The van der Waals surface area contributed by atoms with Crippen LogP contribution in [0.1, 0.15) is 24.5 Å². The van der Waals surface area contributed by atoms with Gasteiger partial charge < -0.3 is 15.0 Å². The topological polar surface area (TPSA) is 67.0 Å². The van der Waals surface area contributed by atoms with Crippen molar-refractivity contribution in [3.63, 3.8) is 0 Å². The number of amides is 1. The zero-order chi connectivity index (χ0) is 24.9. The van der Waals surface area contributed by atoms with Crippen molar-refractivity contribution in [2.75, 3.05) is 12.4 Å².